The van der Waals surface area contributed by atoms with Crippen LogP contribution in [0.3, 0.4) is 0 Å². The van der Waals surface area contributed by atoms with Crippen molar-refractivity contribution in [2.75, 3.05) is 17.2 Å². The average Bonchev–Trinajstić information content (AvgIpc) is 2.79. The van der Waals surface area contributed by atoms with Gasteiger partial charge in [-0.2, -0.15) is 0 Å². The Morgan fingerprint density at radius 3 is 2.50 bits per heavy atom. The van der Waals surface area contributed by atoms with Crippen LogP contribution in [0.4, 0.5) is 11.4 Å². The van der Waals surface area contributed by atoms with Gasteiger partial charge in [-0.25, -0.2) is 0 Å². The quantitative estimate of drug-likeness (QED) is 0.814. The van der Waals surface area contributed by atoms with Crippen LogP contribution in [0.5, 0.6) is 0 Å². The molecular weight excluding hydrogens is 220 g/mol. The highest BCUT2D eigenvalue weighted by atomic mass is 15.2. The minimum absolute atomic E-state index is 0.697. The number of nitrogens with zero attached hydrogens (tertiary/aromatic N) is 1. The summed E-state index contributed by atoms with van der Waals surface area (Å²) in [7, 11) is 0. The highest BCUT2D eigenvalue weighted by Gasteiger charge is 2.24. The zero-order chi connectivity index (χ0) is 13.1. The molecular formula is C16H26N2. The molecule has 1 aliphatic rings. The summed E-state index contributed by atoms with van der Waals surface area (Å²) in [5, 5.41) is 0. The number of benzene rings is 1. The standard InChI is InChI=1S/C16H26N2/c1-12(2)11-18(15-6-4-5-7-15)16-9-8-14(17)10-13(16)3/h8-10,12,15H,4-7,11,17H2,1-3H3. The van der Waals surface area contributed by atoms with Crippen molar-refractivity contribution < 1.29 is 0 Å². The summed E-state index contributed by atoms with van der Waals surface area (Å²) in [6, 6.07) is 7.06. The molecule has 2 rings (SSSR count). The third kappa shape index (κ3) is 2.98. The molecule has 0 saturated heterocycles. The molecule has 0 amide bonds. The van der Waals surface area contributed by atoms with Crippen LogP contribution in [0.1, 0.15) is 45.1 Å². The molecule has 0 radical (unpaired) electrons. The van der Waals surface area contributed by atoms with Crippen LogP contribution in [0, 0.1) is 12.8 Å². The van der Waals surface area contributed by atoms with Gasteiger partial charge in [0.1, 0.15) is 0 Å². The zero-order valence-electron chi connectivity index (χ0n) is 11.9. The smallest absolute Gasteiger partial charge is 0.0400 e. The minimum Gasteiger partial charge on any atom is -0.399 e. The van der Waals surface area contributed by atoms with Gasteiger partial charge in [-0.1, -0.05) is 26.7 Å². The van der Waals surface area contributed by atoms with Gasteiger partial charge in [-0.15, -0.1) is 0 Å². The first-order valence-corrected chi connectivity index (χ1v) is 7.20. The lowest BCUT2D eigenvalue weighted by Gasteiger charge is -2.34. The molecule has 2 heteroatoms. The van der Waals surface area contributed by atoms with E-state index in [1.54, 1.807) is 0 Å². The molecule has 0 unspecified atom stereocenters. The van der Waals surface area contributed by atoms with E-state index in [4.69, 9.17) is 5.73 Å². The molecule has 2 nitrogen and oxygen atoms in total. The second kappa shape index (κ2) is 5.64. The minimum atomic E-state index is 0.697. The molecule has 0 aliphatic heterocycles. The number of nitrogen functional groups attached to an aromatic ring is 1. The Bertz CT molecular complexity index is 392. The fourth-order valence-corrected chi connectivity index (χ4v) is 3.05. The van der Waals surface area contributed by atoms with Crippen molar-refractivity contribution in [3.63, 3.8) is 0 Å². The lowest BCUT2D eigenvalue weighted by atomic mass is 10.1. The first-order chi connectivity index (χ1) is 8.58. The van der Waals surface area contributed by atoms with E-state index in [0.29, 0.717) is 5.92 Å². The van der Waals surface area contributed by atoms with Crippen molar-refractivity contribution in [2.24, 2.45) is 5.92 Å². The fraction of sp³-hybridized carbons (Fsp3) is 0.625. The van der Waals surface area contributed by atoms with Gasteiger partial charge in [0, 0.05) is 24.0 Å². The van der Waals surface area contributed by atoms with Gasteiger partial charge < -0.3 is 10.6 Å². The number of hydrogen-bond donors (Lipinski definition) is 1. The fourth-order valence-electron chi connectivity index (χ4n) is 3.05. The first kappa shape index (κ1) is 13.3. The van der Waals surface area contributed by atoms with Crippen LogP contribution in [0.15, 0.2) is 18.2 Å². The van der Waals surface area contributed by atoms with E-state index in [-0.39, 0.29) is 0 Å². The summed E-state index contributed by atoms with van der Waals surface area (Å²) in [5.74, 6) is 0.697. The molecule has 1 aromatic rings. The molecule has 0 atom stereocenters. The number of aryl methyl sites for hydroxylation is 1. The van der Waals surface area contributed by atoms with Crippen LogP contribution in [-0.4, -0.2) is 12.6 Å². The van der Waals surface area contributed by atoms with Crippen LogP contribution in [0.2, 0.25) is 0 Å². The summed E-state index contributed by atoms with van der Waals surface area (Å²) < 4.78 is 0. The third-order valence-corrected chi connectivity index (χ3v) is 3.86. The van der Waals surface area contributed by atoms with Crippen LogP contribution < -0.4 is 10.6 Å². The maximum Gasteiger partial charge on any atom is 0.0400 e. The van der Waals surface area contributed by atoms with Gasteiger partial charge in [0.05, 0.1) is 0 Å². The Labute approximate surface area is 111 Å². The maximum absolute atomic E-state index is 5.86. The second-order valence-corrected chi connectivity index (χ2v) is 6.03. The highest BCUT2D eigenvalue weighted by Crippen LogP contribution is 2.31. The monoisotopic (exact) mass is 246 g/mol. The first-order valence-electron chi connectivity index (χ1n) is 7.20. The van der Waals surface area contributed by atoms with Crippen molar-refractivity contribution in [3.05, 3.63) is 23.8 Å². The molecule has 100 valence electrons. The third-order valence-electron chi connectivity index (χ3n) is 3.86. The van der Waals surface area contributed by atoms with E-state index < -0.39 is 0 Å². The van der Waals surface area contributed by atoms with Gasteiger partial charge in [-0.3, -0.25) is 0 Å². The maximum atomic E-state index is 5.86. The van der Waals surface area contributed by atoms with E-state index in [0.717, 1.165) is 18.3 Å². The van der Waals surface area contributed by atoms with E-state index in [9.17, 15) is 0 Å². The Morgan fingerprint density at radius 1 is 1.28 bits per heavy atom. The van der Waals surface area contributed by atoms with E-state index in [2.05, 4.69) is 37.8 Å². The zero-order valence-corrected chi connectivity index (χ0v) is 11.9. The molecule has 1 saturated carbocycles. The van der Waals surface area contributed by atoms with Gasteiger partial charge in [0.15, 0.2) is 0 Å². The van der Waals surface area contributed by atoms with Gasteiger partial charge in [0.25, 0.3) is 0 Å². The van der Waals surface area contributed by atoms with Crippen LogP contribution >= 0.6 is 0 Å². The summed E-state index contributed by atoms with van der Waals surface area (Å²) in [6.45, 7) is 7.92. The summed E-state index contributed by atoms with van der Waals surface area (Å²) in [5.41, 5.74) is 9.42. The van der Waals surface area contributed by atoms with Crippen molar-refractivity contribution >= 4 is 11.4 Å². The Kier molecular flexibility index (Phi) is 4.15. The van der Waals surface area contributed by atoms with Gasteiger partial charge in [0.2, 0.25) is 0 Å². The molecule has 0 bridgehead atoms. The molecule has 18 heavy (non-hydrogen) atoms. The summed E-state index contributed by atoms with van der Waals surface area (Å²) >= 11 is 0. The average molecular weight is 246 g/mol. The number of anilines is 2. The number of rotatable bonds is 4. The molecule has 1 fully saturated rings. The van der Waals surface area contributed by atoms with Crippen molar-refractivity contribution in [1.82, 2.24) is 0 Å². The molecule has 1 aromatic carbocycles. The molecule has 0 heterocycles. The van der Waals surface area contributed by atoms with E-state index in [1.165, 1.54) is 36.9 Å². The van der Waals surface area contributed by atoms with Crippen LogP contribution in [0.25, 0.3) is 0 Å². The lowest BCUT2D eigenvalue weighted by Crippen LogP contribution is -2.36. The van der Waals surface area contributed by atoms with Crippen molar-refractivity contribution in [1.29, 1.82) is 0 Å². The van der Waals surface area contributed by atoms with Crippen molar-refractivity contribution in [3.8, 4) is 0 Å². The predicted molar refractivity (Wildman–Crippen MR) is 80.0 cm³/mol. The molecule has 0 spiro atoms. The number of hydrogen-bond acceptors (Lipinski definition) is 2. The molecule has 2 N–H and O–H groups in total. The van der Waals surface area contributed by atoms with Crippen LogP contribution in [-0.2, 0) is 0 Å². The van der Waals surface area contributed by atoms with Crippen molar-refractivity contribution in [2.45, 2.75) is 52.5 Å². The summed E-state index contributed by atoms with van der Waals surface area (Å²) in [4.78, 5) is 2.62. The lowest BCUT2D eigenvalue weighted by molar-refractivity contribution is 0.535. The molecule has 0 aromatic heterocycles. The number of nitrogens with two attached hydrogens (primary N) is 1. The molecule has 1 aliphatic carbocycles. The largest absolute Gasteiger partial charge is 0.399 e. The van der Waals surface area contributed by atoms with Gasteiger partial charge in [-0.05, 0) is 49.4 Å². The van der Waals surface area contributed by atoms with E-state index >= 15 is 0 Å². The predicted octanol–water partition coefficient (Wildman–Crippen LogP) is 3.98. The second-order valence-electron chi connectivity index (χ2n) is 6.03. The Hall–Kier alpha value is -1.18. The SMILES string of the molecule is Cc1cc(N)ccc1N(CC(C)C)C1CCCC1. The van der Waals surface area contributed by atoms with E-state index in [1.807, 2.05) is 6.07 Å². The van der Waals surface area contributed by atoms with Gasteiger partial charge >= 0.3 is 0 Å². The highest BCUT2D eigenvalue weighted by molar-refractivity contribution is 5.59. The summed E-state index contributed by atoms with van der Waals surface area (Å²) in [6.07, 6.45) is 5.45. The Morgan fingerprint density at radius 2 is 1.94 bits per heavy atom. The topological polar surface area (TPSA) is 29.3 Å². The normalized spacial score (nSPS) is 16.4. The Balaban J connectivity index is 2.26.